The number of rotatable bonds is 19. The molecular formula is C36H51N5O5S. The van der Waals surface area contributed by atoms with Crippen molar-refractivity contribution < 1.29 is 18.3 Å². The van der Waals surface area contributed by atoms with Crippen molar-refractivity contribution in [3.05, 3.63) is 76.1 Å². The molecule has 0 saturated heterocycles. The van der Waals surface area contributed by atoms with Crippen molar-refractivity contribution in [2.24, 2.45) is 22.1 Å². The number of para-hydroxylation sites is 1. The van der Waals surface area contributed by atoms with E-state index in [0.29, 0.717) is 24.5 Å². The van der Waals surface area contributed by atoms with E-state index >= 15 is 0 Å². The Morgan fingerprint density at radius 2 is 1.45 bits per heavy atom. The lowest BCUT2D eigenvalue weighted by atomic mass is 9.97. The summed E-state index contributed by atoms with van der Waals surface area (Å²) in [5, 5.41) is 21.6. The van der Waals surface area contributed by atoms with E-state index in [1.807, 2.05) is 6.07 Å². The molecule has 1 heterocycles. The molecule has 1 aromatic heterocycles. The number of amides is 1. The monoisotopic (exact) mass is 665 g/mol. The molecule has 2 aromatic carbocycles. The van der Waals surface area contributed by atoms with Crippen molar-refractivity contribution >= 4 is 33.0 Å². The number of nitrogens with zero attached hydrogens (tertiary/aromatic N) is 3. The van der Waals surface area contributed by atoms with Gasteiger partial charge in [-0.15, -0.1) is 5.11 Å². The molecule has 0 bridgehead atoms. The third-order valence-electron chi connectivity index (χ3n) is 8.63. The summed E-state index contributed by atoms with van der Waals surface area (Å²) >= 11 is 0. The van der Waals surface area contributed by atoms with Gasteiger partial charge in [0.2, 0.25) is 15.9 Å². The molecule has 0 aliphatic carbocycles. The first-order chi connectivity index (χ1) is 22.6. The van der Waals surface area contributed by atoms with E-state index in [2.05, 4.69) is 48.2 Å². The van der Waals surface area contributed by atoms with E-state index in [-0.39, 0.29) is 40.0 Å². The summed E-state index contributed by atoms with van der Waals surface area (Å²) < 4.78 is 29.7. The van der Waals surface area contributed by atoms with Crippen molar-refractivity contribution in [2.75, 3.05) is 18.4 Å². The topological polar surface area (TPSA) is 144 Å². The highest BCUT2D eigenvalue weighted by molar-refractivity contribution is 7.89. The third-order valence-corrected chi connectivity index (χ3v) is 10.5. The summed E-state index contributed by atoms with van der Waals surface area (Å²) in [6.45, 7) is 11.3. The van der Waals surface area contributed by atoms with Gasteiger partial charge in [-0.05, 0) is 67.5 Å². The lowest BCUT2D eigenvalue weighted by molar-refractivity contribution is 0.102. The molecule has 0 radical (unpaired) electrons. The second kappa shape index (κ2) is 18.5. The largest absolute Gasteiger partial charge is 0.494 e. The number of aromatic nitrogens is 1. The normalized spacial score (nSPS) is 13.2. The molecule has 0 spiro atoms. The van der Waals surface area contributed by atoms with Crippen molar-refractivity contribution in [2.45, 2.75) is 97.3 Å². The highest BCUT2D eigenvalue weighted by Gasteiger charge is 2.29. The van der Waals surface area contributed by atoms with Gasteiger partial charge in [0.05, 0.1) is 10.6 Å². The smallest absolute Gasteiger partial charge is 0.278 e. The molecule has 2 unspecified atom stereocenters. The standard InChI is InChI=1S/C36H51N5O5S/c1-6-11-16-26(8-3)24-41(25-27(9-4)17-12-7-2)47(45,46)30-22-20-29(21-23-30)39-40-33-31(10-5)32(35(43)38-36(33)44)34(42)37-28-18-14-13-15-19-28/h13-15,18-23,26-27H,6-12,16-17,24-25H2,1-5H3,(H,37,42)(H2,38,43,44). The Morgan fingerprint density at radius 3 is 1.96 bits per heavy atom. The van der Waals surface area contributed by atoms with Crippen LogP contribution < -0.4 is 10.9 Å². The number of carbonyl (C=O) groups is 1. The SMILES string of the molecule is CCCCC(CC)CN(CC(CC)CCCC)S(=O)(=O)c1ccc(N=Nc2c(CC)c(C(=O)Nc3ccccc3)c(O)[nH]c2=O)cc1. The predicted octanol–water partition coefficient (Wildman–Crippen LogP) is 8.73. The van der Waals surface area contributed by atoms with Gasteiger partial charge in [0.15, 0.2) is 5.69 Å². The number of nitrogens with one attached hydrogen (secondary N) is 2. The van der Waals surface area contributed by atoms with E-state index in [9.17, 15) is 23.1 Å². The molecule has 3 aromatic rings. The molecule has 10 nitrogen and oxygen atoms in total. The van der Waals surface area contributed by atoms with Gasteiger partial charge in [0.1, 0.15) is 5.56 Å². The molecule has 11 heteroatoms. The predicted molar refractivity (Wildman–Crippen MR) is 188 cm³/mol. The average molecular weight is 666 g/mol. The van der Waals surface area contributed by atoms with Crippen LogP contribution in [-0.4, -0.2) is 41.8 Å². The van der Waals surface area contributed by atoms with Crippen LogP contribution in [-0.2, 0) is 16.4 Å². The highest BCUT2D eigenvalue weighted by atomic mass is 32.2. The summed E-state index contributed by atoms with van der Waals surface area (Å²) in [6.07, 6.45) is 8.35. The number of H-pyrrole nitrogens is 1. The molecule has 0 aliphatic rings. The van der Waals surface area contributed by atoms with Crippen LogP contribution in [0, 0.1) is 11.8 Å². The second-order valence-corrected chi connectivity index (χ2v) is 14.0. The number of benzene rings is 2. The number of unbranched alkanes of at least 4 members (excludes halogenated alkanes) is 2. The van der Waals surface area contributed by atoms with Crippen LogP contribution in [0.3, 0.4) is 0 Å². The van der Waals surface area contributed by atoms with Crippen LogP contribution in [0.1, 0.15) is 102 Å². The minimum absolute atomic E-state index is 0.0972. The van der Waals surface area contributed by atoms with Crippen molar-refractivity contribution in [3.63, 3.8) is 0 Å². The van der Waals surface area contributed by atoms with Gasteiger partial charge in [0.25, 0.3) is 11.5 Å². The average Bonchev–Trinajstić information content (AvgIpc) is 3.07. The van der Waals surface area contributed by atoms with Gasteiger partial charge in [-0.25, -0.2) is 8.42 Å². The minimum atomic E-state index is -3.77. The number of carbonyl (C=O) groups excluding carboxylic acids is 1. The van der Waals surface area contributed by atoms with Gasteiger partial charge >= 0.3 is 0 Å². The number of hydrogen-bond donors (Lipinski definition) is 3. The zero-order chi connectivity index (χ0) is 34.4. The molecule has 0 fully saturated rings. The zero-order valence-corrected chi connectivity index (χ0v) is 29.3. The number of sulfonamides is 1. The fraction of sp³-hybridized carbons (Fsp3) is 0.500. The van der Waals surface area contributed by atoms with Crippen LogP contribution in [0.25, 0.3) is 0 Å². The Balaban J connectivity index is 1.90. The Hall–Kier alpha value is -3.83. The van der Waals surface area contributed by atoms with Gasteiger partial charge in [-0.3, -0.25) is 14.6 Å². The number of aromatic amines is 1. The molecular weight excluding hydrogens is 614 g/mol. The Bertz CT molecular complexity index is 1600. The van der Waals surface area contributed by atoms with Gasteiger partial charge in [0, 0.05) is 24.3 Å². The molecule has 0 aliphatic heterocycles. The molecule has 3 rings (SSSR count). The minimum Gasteiger partial charge on any atom is -0.494 e. The molecule has 0 saturated carbocycles. The summed E-state index contributed by atoms with van der Waals surface area (Å²) in [7, 11) is -3.77. The summed E-state index contributed by atoms with van der Waals surface area (Å²) in [6, 6.07) is 14.9. The number of hydrogen-bond acceptors (Lipinski definition) is 7. The van der Waals surface area contributed by atoms with Crippen LogP contribution in [0.4, 0.5) is 17.1 Å². The van der Waals surface area contributed by atoms with Crippen molar-refractivity contribution in [1.29, 1.82) is 0 Å². The van der Waals surface area contributed by atoms with Crippen LogP contribution in [0.15, 0.2) is 74.5 Å². The summed E-state index contributed by atoms with van der Waals surface area (Å²) in [5.41, 5.74) is 0.196. The summed E-state index contributed by atoms with van der Waals surface area (Å²) in [5.74, 6) is -0.578. The molecule has 256 valence electrons. The lowest BCUT2D eigenvalue weighted by Crippen LogP contribution is -2.39. The van der Waals surface area contributed by atoms with Gasteiger partial charge in [-0.2, -0.15) is 9.42 Å². The first-order valence-corrected chi connectivity index (χ1v) is 18.4. The quantitative estimate of drug-likeness (QED) is 0.110. The van der Waals surface area contributed by atoms with Gasteiger partial charge < -0.3 is 10.4 Å². The molecule has 3 N–H and O–H groups in total. The van der Waals surface area contributed by atoms with Crippen LogP contribution >= 0.6 is 0 Å². The maximum Gasteiger partial charge on any atom is 0.278 e. The molecule has 47 heavy (non-hydrogen) atoms. The van der Waals surface area contributed by atoms with E-state index in [0.717, 1.165) is 51.4 Å². The van der Waals surface area contributed by atoms with E-state index in [4.69, 9.17) is 0 Å². The highest BCUT2D eigenvalue weighted by Crippen LogP contribution is 2.29. The zero-order valence-electron chi connectivity index (χ0n) is 28.5. The number of anilines is 1. The van der Waals surface area contributed by atoms with Crippen LogP contribution in [0.2, 0.25) is 0 Å². The van der Waals surface area contributed by atoms with Gasteiger partial charge in [-0.1, -0.05) is 91.3 Å². The molecule has 2 atom stereocenters. The maximum atomic E-state index is 14.0. The fourth-order valence-corrected chi connectivity index (χ4v) is 7.25. The maximum absolute atomic E-state index is 14.0. The number of azo groups is 1. The van der Waals surface area contributed by atoms with Crippen LogP contribution in [0.5, 0.6) is 5.88 Å². The fourth-order valence-electron chi connectivity index (χ4n) is 5.66. The second-order valence-electron chi connectivity index (χ2n) is 12.0. The Kier molecular flexibility index (Phi) is 14.8. The number of pyridine rings is 1. The Morgan fingerprint density at radius 1 is 0.872 bits per heavy atom. The van der Waals surface area contributed by atoms with E-state index < -0.39 is 27.4 Å². The van der Waals surface area contributed by atoms with E-state index in [1.54, 1.807) is 47.6 Å². The van der Waals surface area contributed by atoms with Crippen molar-refractivity contribution in [1.82, 2.24) is 9.29 Å². The Labute approximate surface area is 279 Å². The summed E-state index contributed by atoms with van der Waals surface area (Å²) in [4.78, 5) is 28.4. The first kappa shape index (κ1) is 37.6. The third kappa shape index (κ3) is 10.3. The lowest BCUT2D eigenvalue weighted by Gasteiger charge is -2.30. The number of aromatic hydroxyl groups is 1. The molecule has 1 amide bonds. The van der Waals surface area contributed by atoms with Crippen molar-refractivity contribution in [3.8, 4) is 5.88 Å². The first-order valence-electron chi connectivity index (χ1n) is 17.0. The van der Waals surface area contributed by atoms with E-state index in [1.165, 1.54) is 12.1 Å².